The average Bonchev–Trinajstić information content (AvgIpc) is 3.01. The third kappa shape index (κ3) is 4.82. The number of hydrogen-bond acceptors (Lipinski definition) is 3. The molecule has 1 aliphatic rings. The zero-order valence-electron chi connectivity index (χ0n) is 13.2. The summed E-state index contributed by atoms with van der Waals surface area (Å²) >= 11 is 1.74. The first kappa shape index (κ1) is 16.5. The summed E-state index contributed by atoms with van der Waals surface area (Å²) in [4.78, 5) is 13.5. The molecule has 1 fully saturated rings. The highest BCUT2D eigenvalue weighted by Gasteiger charge is 2.25. The predicted octanol–water partition coefficient (Wildman–Crippen LogP) is 3.44. The van der Waals surface area contributed by atoms with Gasteiger partial charge in [0.05, 0.1) is 6.04 Å². The topological polar surface area (TPSA) is 55.1 Å². The molecule has 0 aliphatic heterocycles. The molecule has 1 unspecified atom stereocenters. The van der Waals surface area contributed by atoms with Gasteiger partial charge in [-0.3, -0.25) is 4.79 Å². The van der Waals surface area contributed by atoms with Crippen LogP contribution in [-0.4, -0.2) is 18.5 Å². The summed E-state index contributed by atoms with van der Waals surface area (Å²) in [6.07, 6.45) is 7.25. The molecule has 3 nitrogen and oxygen atoms in total. The number of amides is 1. The number of thiophene rings is 1. The van der Waals surface area contributed by atoms with Crippen LogP contribution in [0.25, 0.3) is 0 Å². The van der Waals surface area contributed by atoms with Crippen molar-refractivity contribution in [1.82, 2.24) is 5.32 Å². The van der Waals surface area contributed by atoms with Crippen molar-refractivity contribution in [3.05, 3.63) is 22.4 Å². The van der Waals surface area contributed by atoms with E-state index in [9.17, 15) is 4.79 Å². The van der Waals surface area contributed by atoms with Gasteiger partial charge in [0.15, 0.2) is 0 Å². The highest BCUT2D eigenvalue weighted by atomic mass is 32.1. The van der Waals surface area contributed by atoms with Crippen LogP contribution in [0.4, 0.5) is 0 Å². The van der Waals surface area contributed by atoms with Crippen LogP contribution < -0.4 is 11.1 Å². The lowest BCUT2D eigenvalue weighted by molar-refractivity contribution is -0.123. The van der Waals surface area contributed by atoms with Crippen molar-refractivity contribution in [2.45, 2.75) is 63.8 Å². The molecule has 4 heteroatoms. The van der Waals surface area contributed by atoms with Gasteiger partial charge in [0.1, 0.15) is 0 Å². The van der Waals surface area contributed by atoms with Crippen molar-refractivity contribution in [2.24, 2.45) is 11.7 Å². The maximum atomic E-state index is 12.2. The van der Waals surface area contributed by atoms with Gasteiger partial charge in [-0.05, 0) is 23.8 Å². The Kier molecular flexibility index (Phi) is 5.82. The summed E-state index contributed by atoms with van der Waals surface area (Å²) in [5.41, 5.74) is 6.05. The number of carbonyl (C=O) groups excluding carboxylic acids is 1. The fourth-order valence-electron chi connectivity index (χ4n) is 3.08. The van der Waals surface area contributed by atoms with Crippen molar-refractivity contribution >= 4 is 17.2 Å². The van der Waals surface area contributed by atoms with E-state index in [-0.39, 0.29) is 17.4 Å². The summed E-state index contributed by atoms with van der Waals surface area (Å²) < 4.78 is 0. The zero-order chi connectivity index (χ0) is 15.3. The lowest BCUT2D eigenvalue weighted by Crippen LogP contribution is -2.45. The Morgan fingerprint density at radius 1 is 1.43 bits per heavy atom. The third-order valence-electron chi connectivity index (χ3n) is 4.54. The van der Waals surface area contributed by atoms with Gasteiger partial charge in [-0.2, -0.15) is 0 Å². The Bertz CT molecular complexity index is 436. The van der Waals surface area contributed by atoms with E-state index in [1.54, 1.807) is 11.3 Å². The molecule has 2 rings (SSSR count). The maximum absolute atomic E-state index is 12.2. The van der Waals surface area contributed by atoms with Crippen LogP contribution in [0.5, 0.6) is 0 Å². The molecule has 0 radical (unpaired) electrons. The number of carbonyl (C=O) groups is 1. The molecule has 1 heterocycles. The zero-order valence-corrected chi connectivity index (χ0v) is 14.0. The molecule has 1 aliphatic carbocycles. The van der Waals surface area contributed by atoms with E-state index >= 15 is 0 Å². The minimum absolute atomic E-state index is 0.00482. The largest absolute Gasteiger partial charge is 0.354 e. The standard InChI is InChI=1S/C17H28N2OS/c1-17(2,15-9-6-10-21-15)12-19-16(20)14(18)11-13-7-4-3-5-8-13/h6,9-10,13-14H,3-5,7-8,11-12,18H2,1-2H3,(H,19,20). The molecule has 0 aromatic carbocycles. The van der Waals surface area contributed by atoms with Crippen LogP contribution in [0.15, 0.2) is 17.5 Å². The van der Waals surface area contributed by atoms with Gasteiger partial charge in [-0.15, -0.1) is 11.3 Å². The Morgan fingerprint density at radius 2 is 2.14 bits per heavy atom. The molecule has 0 saturated heterocycles. The molecule has 1 saturated carbocycles. The second-order valence-corrected chi connectivity index (χ2v) is 7.87. The highest BCUT2D eigenvalue weighted by molar-refractivity contribution is 7.10. The van der Waals surface area contributed by atoms with Crippen molar-refractivity contribution in [1.29, 1.82) is 0 Å². The molecule has 1 aromatic rings. The number of rotatable bonds is 6. The van der Waals surface area contributed by atoms with Crippen LogP contribution in [0.3, 0.4) is 0 Å². The first-order chi connectivity index (χ1) is 9.99. The molecule has 0 bridgehead atoms. The number of hydrogen-bond donors (Lipinski definition) is 2. The molecular weight excluding hydrogens is 280 g/mol. The van der Waals surface area contributed by atoms with Crippen LogP contribution in [0.2, 0.25) is 0 Å². The first-order valence-corrected chi connectivity index (χ1v) is 8.94. The monoisotopic (exact) mass is 308 g/mol. The number of nitrogens with one attached hydrogen (secondary N) is 1. The number of nitrogens with two attached hydrogens (primary N) is 1. The smallest absolute Gasteiger partial charge is 0.236 e. The van der Waals surface area contributed by atoms with Gasteiger partial charge in [0.2, 0.25) is 5.91 Å². The van der Waals surface area contributed by atoms with Crippen LogP contribution in [0, 0.1) is 5.92 Å². The molecule has 1 amide bonds. The molecule has 21 heavy (non-hydrogen) atoms. The third-order valence-corrected chi connectivity index (χ3v) is 5.78. The van der Waals surface area contributed by atoms with Gasteiger partial charge in [-0.1, -0.05) is 52.0 Å². The fraction of sp³-hybridized carbons (Fsp3) is 0.706. The van der Waals surface area contributed by atoms with Crippen molar-refractivity contribution in [3.63, 3.8) is 0 Å². The first-order valence-electron chi connectivity index (χ1n) is 8.06. The molecule has 0 spiro atoms. The van der Waals surface area contributed by atoms with E-state index < -0.39 is 0 Å². The molecule has 3 N–H and O–H groups in total. The minimum atomic E-state index is -0.354. The Hall–Kier alpha value is -0.870. The second-order valence-electron chi connectivity index (χ2n) is 6.93. The van der Waals surface area contributed by atoms with Gasteiger partial charge in [0, 0.05) is 16.8 Å². The van der Waals surface area contributed by atoms with Gasteiger partial charge < -0.3 is 11.1 Å². The maximum Gasteiger partial charge on any atom is 0.236 e. The van der Waals surface area contributed by atoms with Crippen LogP contribution >= 0.6 is 11.3 Å². The van der Waals surface area contributed by atoms with Gasteiger partial charge in [0.25, 0.3) is 0 Å². The molecule has 118 valence electrons. The lowest BCUT2D eigenvalue weighted by Gasteiger charge is -2.27. The Labute approximate surface area is 132 Å². The van der Waals surface area contributed by atoms with Crippen molar-refractivity contribution in [2.75, 3.05) is 6.54 Å². The van der Waals surface area contributed by atoms with Gasteiger partial charge >= 0.3 is 0 Å². The summed E-state index contributed by atoms with van der Waals surface area (Å²) in [7, 11) is 0. The minimum Gasteiger partial charge on any atom is -0.354 e. The van der Waals surface area contributed by atoms with E-state index in [1.807, 2.05) is 0 Å². The van der Waals surface area contributed by atoms with Crippen molar-refractivity contribution in [3.8, 4) is 0 Å². The quantitative estimate of drug-likeness (QED) is 0.846. The SMILES string of the molecule is CC(C)(CNC(=O)C(N)CC1CCCCC1)c1cccs1. The molecule has 1 atom stereocenters. The summed E-state index contributed by atoms with van der Waals surface area (Å²) in [6, 6.07) is 3.82. The predicted molar refractivity (Wildman–Crippen MR) is 89.5 cm³/mol. The van der Waals surface area contributed by atoms with Gasteiger partial charge in [-0.25, -0.2) is 0 Å². The Balaban J connectivity index is 1.78. The Morgan fingerprint density at radius 3 is 2.76 bits per heavy atom. The van der Waals surface area contributed by atoms with E-state index in [0.29, 0.717) is 12.5 Å². The summed E-state index contributed by atoms with van der Waals surface area (Å²) in [5, 5.41) is 5.12. The van der Waals surface area contributed by atoms with Crippen molar-refractivity contribution < 1.29 is 4.79 Å². The van der Waals surface area contributed by atoms with E-state index in [4.69, 9.17) is 5.73 Å². The van der Waals surface area contributed by atoms with Crippen LogP contribution in [0.1, 0.15) is 57.2 Å². The fourth-order valence-corrected chi connectivity index (χ4v) is 3.93. The van der Waals surface area contributed by atoms with E-state index in [1.165, 1.54) is 37.0 Å². The average molecular weight is 308 g/mol. The summed E-state index contributed by atoms with van der Waals surface area (Å²) in [6.45, 7) is 4.96. The van der Waals surface area contributed by atoms with E-state index in [0.717, 1.165) is 6.42 Å². The highest BCUT2D eigenvalue weighted by Crippen LogP contribution is 2.28. The molecule has 1 aromatic heterocycles. The second kappa shape index (κ2) is 7.41. The normalized spacial score (nSPS) is 18.4. The van der Waals surface area contributed by atoms with Crippen LogP contribution in [-0.2, 0) is 10.2 Å². The van der Waals surface area contributed by atoms with E-state index in [2.05, 4.69) is 36.7 Å². The summed E-state index contributed by atoms with van der Waals surface area (Å²) in [5.74, 6) is 0.648. The molecular formula is C17H28N2OS. The lowest BCUT2D eigenvalue weighted by atomic mass is 9.84.